The molecular formula is C28H33N3O4S2. The van der Waals surface area contributed by atoms with Crippen LogP contribution in [0.1, 0.15) is 46.5 Å². The molecular weight excluding hydrogens is 506 g/mol. The molecule has 7 nitrogen and oxygen atoms in total. The summed E-state index contributed by atoms with van der Waals surface area (Å²) in [6.45, 7) is 8.19. The number of anilines is 1. The predicted molar refractivity (Wildman–Crippen MR) is 149 cm³/mol. The molecule has 1 aromatic heterocycles. The summed E-state index contributed by atoms with van der Waals surface area (Å²) < 4.78 is 34.3. The fourth-order valence-corrected chi connectivity index (χ4v) is 7.09. The molecule has 2 heterocycles. The SMILES string of the molecule is CSc1cccc(NC(=O)C2CCCN(S(=O)(=O)c3c(C)noc3/C=C/c3c(C)cc(C)cc3C)C2)c1. The molecule has 1 fully saturated rings. The number of carbonyl (C=O) groups excluding carboxylic acids is 1. The highest BCUT2D eigenvalue weighted by molar-refractivity contribution is 7.98. The zero-order valence-electron chi connectivity index (χ0n) is 21.9. The zero-order chi connectivity index (χ0) is 26.7. The molecule has 0 bridgehead atoms. The molecule has 1 aliphatic rings. The van der Waals surface area contributed by atoms with Gasteiger partial charge in [-0.2, -0.15) is 4.31 Å². The number of rotatable bonds is 7. The Hall–Kier alpha value is -2.88. The average molecular weight is 540 g/mol. The van der Waals surface area contributed by atoms with Crippen LogP contribution in [0, 0.1) is 33.6 Å². The molecule has 1 amide bonds. The minimum absolute atomic E-state index is 0.0555. The van der Waals surface area contributed by atoms with E-state index in [-0.39, 0.29) is 23.1 Å². The molecule has 3 aromatic rings. The van der Waals surface area contributed by atoms with Crippen LogP contribution < -0.4 is 5.32 Å². The summed E-state index contributed by atoms with van der Waals surface area (Å²) in [6, 6.07) is 11.8. The minimum atomic E-state index is -3.92. The van der Waals surface area contributed by atoms with Gasteiger partial charge < -0.3 is 9.84 Å². The minimum Gasteiger partial charge on any atom is -0.355 e. The van der Waals surface area contributed by atoms with Gasteiger partial charge in [-0.3, -0.25) is 4.79 Å². The molecule has 1 saturated heterocycles. The highest BCUT2D eigenvalue weighted by Crippen LogP contribution is 2.30. The number of hydrogen-bond acceptors (Lipinski definition) is 6. The third-order valence-electron chi connectivity index (χ3n) is 6.66. The van der Waals surface area contributed by atoms with E-state index in [1.54, 1.807) is 24.8 Å². The number of thioether (sulfide) groups is 1. The van der Waals surface area contributed by atoms with E-state index in [1.165, 1.54) is 9.87 Å². The number of piperidine rings is 1. The Bertz CT molecular complexity index is 1420. The molecule has 1 atom stereocenters. The van der Waals surface area contributed by atoms with Crippen LogP contribution in [0.5, 0.6) is 0 Å². The van der Waals surface area contributed by atoms with E-state index in [2.05, 4.69) is 22.6 Å². The number of nitrogens with one attached hydrogen (secondary N) is 1. The molecule has 196 valence electrons. The van der Waals surface area contributed by atoms with Gasteiger partial charge in [0.1, 0.15) is 5.69 Å². The number of aryl methyl sites for hydroxylation is 4. The molecule has 4 rings (SSSR count). The van der Waals surface area contributed by atoms with E-state index < -0.39 is 15.9 Å². The monoisotopic (exact) mass is 539 g/mol. The number of sulfonamides is 1. The van der Waals surface area contributed by atoms with Crippen molar-refractivity contribution in [1.29, 1.82) is 0 Å². The lowest BCUT2D eigenvalue weighted by atomic mass is 9.99. The summed E-state index contributed by atoms with van der Waals surface area (Å²) in [4.78, 5) is 14.1. The van der Waals surface area contributed by atoms with Crippen molar-refractivity contribution >= 4 is 45.5 Å². The van der Waals surface area contributed by atoms with Crippen LogP contribution >= 0.6 is 11.8 Å². The molecule has 9 heteroatoms. The van der Waals surface area contributed by atoms with E-state index in [0.717, 1.165) is 21.6 Å². The Labute approximate surface area is 223 Å². The van der Waals surface area contributed by atoms with Crippen LogP contribution in [0.2, 0.25) is 0 Å². The van der Waals surface area contributed by atoms with Gasteiger partial charge in [0, 0.05) is 23.7 Å². The van der Waals surface area contributed by atoms with Gasteiger partial charge in [-0.25, -0.2) is 8.42 Å². The van der Waals surface area contributed by atoms with Crippen LogP contribution in [0.3, 0.4) is 0 Å². The molecule has 2 aromatic carbocycles. The topological polar surface area (TPSA) is 92.5 Å². The molecule has 0 spiro atoms. The number of amides is 1. The standard InChI is InChI=1S/C28H33N3O4S2/c1-18-14-19(2)25(20(3)15-18)11-12-26-27(21(4)30-35-26)37(33,34)31-13-7-8-22(17-31)28(32)29-23-9-6-10-24(16-23)36-5/h6,9-12,14-16,22H,7-8,13,17H2,1-5H3,(H,29,32)/b12-11+. The lowest BCUT2D eigenvalue weighted by molar-refractivity contribution is -0.120. The maximum atomic E-state index is 13.7. The number of hydrogen-bond donors (Lipinski definition) is 1. The first-order chi connectivity index (χ1) is 17.6. The summed E-state index contributed by atoms with van der Waals surface area (Å²) in [5.41, 5.74) is 5.40. The van der Waals surface area contributed by atoms with Crippen molar-refractivity contribution in [2.45, 2.75) is 50.3 Å². The maximum Gasteiger partial charge on any atom is 0.248 e. The van der Waals surface area contributed by atoms with Crippen LogP contribution in [0.15, 0.2) is 50.7 Å². The Morgan fingerprint density at radius 3 is 2.57 bits per heavy atom. The van der Waals surface area contributed by atoms with Gasteiger partial charge in [-0.15, -0.1) is 11.8 Å². The van der Waals surface area contributed by atoms with Crippen molar-refractivity contribution in [3.8, 4) is 0 Å². The highest BCUT2D eigenvalue weighted by atomic mass is 32.2. The fraction of sp³-hybridized carbons (Fsp3) is 0.357. The van der Waals surface area contributed by atoms with Crippen molar-refractivity contribution in [3.05, 3.63) is 70.1 Å². The van der Waals surface area contributed by atoms with E-state index in [1.807, 2.05) is 57.4 Å². The summed E-state index contributed by atoms with van der Waals surface area (Å²) >= 11 is 1.60. The maximum absolute atomic E-state index is 13.7. The zero-order valence-corrected chi connectivity index (χ0v) is 23.5. The molecule has 0 aliphatic carbocycles. The third kappa shape index (κ3) is 6.00. The summed E-state index contributed by atoms with van der Waals surface area (Å²) in [5.74, 6) is -0.429. The van der Waals surface area contributed by atoms with Crippen LogP contribution in [-0.2, 0) is 14.8 Å². The first kappa shape index (κ1) is 27.2. The molecule has 1 aliphatic heterocycles. The van der Waals surface area contributed by atoms with Gasteiger partial charge in [0.15, 0.2) is 10.7 Å². The molecule has 1 N–H and O–H groups in total. The van der Waals surface area contributed by atoms with Gasteiger partial charge in [-0.05, 0) is 87.8 Å². The normalized spacial score (nSPS) is 16.8. The molecule has 37 heavy (non-hydrogen) atoms. The Morgan fingerprint density at radius 1 is 1.14 bits per heavy atom. The summed E-state index contributed by atoms with van der Waals surface area (Å²) in [5, 5.41) is 6.91. The fourth-order valence-electron chi connectivity index (χ4n) is 4.86. The average Bonchev–Trinajstić information content (AvgIpc) is 3.24. The van der Waals surface area contributed by atoms with Crippen molar-refractivity contribution in [2.24, 2.45) is 5.92 Å². The van der Waals surface area contributed by atoms with E-state index >= 15 is 0 Å². The quantitative estimate of drug-likeness (QED) is 0.379. The van der Waals surface area contributed by atoms with Crippen molar-refractivity contribution < 1.29 is 17.7 Å². The highest BCUT2D eigenvalue weighted by Gasteiger charge is 2.37. The summed E-state index contributed by atoms with van der Waals surface area (Å²) in [6.07, 6.45) is 6.74. The first-order valence-corrected chi connectivity index (χ1v) is 14.9. The Kier molecular flexibility index (Phi) is 8.26. The molecule has 0 saturated carbocycles. The Morgan fingerprint density at radius 2 is 1.86 bits per heavy atom. The number of nitrogens with zero attached hydrogens (tertiary/aromatic N) is 2. The molecule has 1 unspecified atom stereocenters. The van der Waals surface area contributed by atoms with E-state index in [9.17, 15) is 13.2 Å². The van der Waals surface area contributed by atoms with E-state index in [4.69, 9.17) is 4.52 Å². The van der Waals surface area contributed by atoms with Gasteiger partial charge in [-0.1, -0.05) is 35.0 Å². The first-order valence-electron chi connectivity index (χ1n) is 12.3. The van der Waals surface area contributed by atoms with Gasteiger partial charge in [0.2, 0.25) is 15.9 Å². The van der Waals surface area contributed by atoms with E-state index in [0.29, 0.717) is 30.8 Å². The smallest absolute Gasteiger partial charge is 0.248 e. The van der Waals surface area contributed by atoms with Crippen LogP contribution in [-0.4, -0.2) is 43.1 Å². The van der Waals surface area contributed by atoms with Crippen molar-refractivity contribution in [1.82, 2.24) is 9.46 Å². The molecule has 0 radical (unpaired) electrons. The lowest BCUT2D eigenvalue weighted by Crippen LogP contribution is -2.43. The second-order valence-corrected chi connectivity index (χ2v) is 12.3. The van der Waals surface area contributed by atoms with Gasteiger partial charge in [0.05, 0.1) is 5.92 Å². The van der Waals surface area contributed by atoms with Crippen molar-refractivity contribution in [2.75, 3.05) is 24.7 Å². The second kappa shape index (κ2) is 11.2. The number of aromatic nitrogens is 1. The van der Waals surface area contributed by atoms with Crippen molar-refractivity contribution in [3.63, 3.8) is 0 Å². The largest absolute Gasteiger partial charge is 0.355 e. The lowest BCUT2D eigenvalue weighted by Gasteiger charge is -2.31. The Balaban J connectivity index is 1.55. The summed E-state index contributed by atoms with van der Waals surface area (Å²) in [7, 11) is -3.92. The predicted octanol–water partition coefficient (Wildman–Crippen LogP) is 5.84. The third-order valence-corrected chi connectivity index (χ3v) is 9.41. The van der Waals surface area contributed by atoms with Gasteiger partial charge in [0.25, 0.3) is 0 Å². The van der Waals surface area contributed by atoms with Crippen LogP contribution in [0.4, 0.5) is 5.69 Å². The number of carbonyl (C=O) groups is 1. The van der Waals surface area contributed by atoms with Gasteiger partial charge >= 0.3 is 0 Å². The number of benzene rings is 2. The second-order valence-electron chi connectivity index (χ2n) is 9.53. The van der Waals surface area contributed by atoms with Crippen LogP contribution in [0.25, 0.3) is 12.2 Å².